The van der Waals surface area contributed by atoms with Crippen LogP contribution < -0.4 is 20.1 Å². The summed E-state index contributed by atoms with van der Waals surface area (Å²) in [6, 6.07) is 19.2. The highest BCUT2D eigenvalue weighted by molar-refractivity contribution is 5.73. The maximum atomic E-state index is 12.3. The first-order valence-corrected chi connectivity index (χ1v) is 11.9. The van der Waals surface area contributed by atoms with Gasteiger partial charge in [0.15, 0.2) is 11.5 Å². The minimum atomic E-state index is -0.227. The van der Waals surface area contributed by atoms with Crippen LogP contribution in [-0.4, -0.2) is 48.8 Å². The first-order valence-electron chi connectivity index (χ1n) is 11.9. The molecule has 184 valence electrons. The largest absolute Gasteiger partial charge is 0.490 e. The molecule has 2 aromatic carbocycles. The monoisotopic (exact) mass is 476 g/mol. The van der Waals surface area contributed by atoms with Gasteiger partial charge in [-0.05, 0) is 35.7 Å². The van der Waals surface area contributed by atoms with Gasteiger partial charge in [0.2, 0.25) is 5.88 Å². The van der Waals surface area contributed by atoms with Crippen molar-refractivity contribution in [2.75, 3.05) is 32.9 Å². The molecule has 8 nitrogen and oxygen atoms in total. The SMILES string of the molecule is CCOc1ccccc1Oc1ccc(CNC(=O)NCc2cccc(CN3CCOCC3)c2)cn1. The molecule has 2 N–H and O–H groups in total. The topological polar surface area (TPSA) is 85.0 Å². The molecule has 35 heavy (non-hydrogen) atoms. The van der Waals surface area contributed by atoms with Gasteiger partial charge >= 0.3 is 6.03 Å². The molecule has 0 atom stereocenters. The van der Waals surface area contributed by atoms with Crippen molar-refractivity contribution in [2.24, 2.45) is 0 Å². The van der Waals surface area contributed by atoms with Crippen LogP contribution in [0.2, 0.25) is 0 Å². The Kier molecular flexibility index (Phi) is 8.91. The Morgan fingerprint density at radius 1 is 0.943 bits per heavy atom. The number of nitrogens with zero attached hydrogens (tertiary/aromatic N) is 2. The van der Waals surface area contributed by atoms with E-state index in [4.69, 9.17) is 14.2 Å². The number of para-hydroxylation sites is 2. The number of urea groups is 1. The molecule has 1 fully saturated rings. The van der Waals surface area contributed by atoms with Gasteiger partial charge in [0.05, 0.1) is 19.8 Å². The minimum Gasteiger partial charge on any atom is -0.490 e. The third kappa shape index (κ3) is 7.70. The quantitative estimate of drug-likeness (QED) is 0.458. The Labute approximate surface area is 206 Å². The van der Waals surface area contributed by atoms with Crippen molar-refractivity contribution in [1.29, 1.82) is 0 Å². The van der Waals surface area contributed by atoms with Gasteiger partial charge in [-0.15, -0.1) is 0 Å². The molecule has 0 radical (unpaired) electrons. The fourth-order valence-electron chi connectivity index (χ4n) is 3.78. The normalized spacial score (nSPS) is 13.7. The number of morpholine rings is 1. The molecule has 1 aliphatic rings. The maximum Gasteiger partial charge on any atom is 0.315 e. The molecule has 1 saturated heterocycles. The predicted octanol–water partition coefficient (Wildman–Crippen LogP) is 4.10. The van der Waals surface area contributed by atoms with Gasteiger partial charge in [0.25, 0.3) is 0 Å². The summed E-state index contributed by atoms with van der Waals surface area (Å²) < 4.78 is 16.8. The van der Waals surface area contributed by atoms with Gasteiger partial charge in [0.1, 0.15) is 0 Å². The third-order valence-electron chi connectivity index (χ3n) is 5.57. The lowest BCUT2D eigenvalue weighted by Gasteiger charge is -2.26. The van der Waals surface area contributed by atoms with Crippen molar-refractivity contribution in [2.45, 2.75) is 26.6 Å². The Morgan fingerprint density at radius 2 is 1.69 bits per heavy atom. The maximum absolute atomic E-state index is 12.3. The van der Waals surface area contributed by atoms with Crippen LogP contribution >= 0.6 is 0 Å². The number of hydrogen-bond donors (Lipinski definition) is 2. The molecular formula is C27H32N4O4. The summed E-state index contributed by atoms with van der Waals surface area (Å²) in [4.78, 5) is 19.0. The molecule has 4 rings (SSSR count). The molecule has 0 spiro atoms. The summed E-state index contributed by atoms with van der Waals surface area (Å²) >= 11 is 0. The summed E-state index contributed by atoms with van der Waals surface area (Å²) in [6.45, 7) is 7.69. The van der Waals surface area contributed by atoms with Crippen LogP contribution in [0, 0.1) is 0 Å². The molecule has 8 heteroatoms. The summed E-state index contributed by atoms with van der Waals surface area (Å²) in [6.07, 6.45) is 1.69. The van der Waals surface area contributed by atoms with Crippen LogP contribution in [0.5, 0.6) is 17.4 Å². The predicted molar refractivity (Wildman–Crippen MR) is 134 cm³/mol. The molecule has 0 aliphatic carbocycles. The summed E-state index contributed by atoms with van der Waals surface area (Å²) in [5, 5.41) is 5.79. The zero-order valence-corrected chi connectivity index (χ0v) is 20.0. The van der Waals surface area contributed by atoms with Crippen LogP contribution in [0.4, 0.5) is 4.79 Å². The minimum absolute atomic E-state index is 0.227. The van der Waals surface area contributed by atoms with Crippen molar-refractivity contribution < 1.29 is 19.0 Å². The molecule has 0 bridgehead atoms. The zero-order valence-electron chi connectivity index (χ0n) is 20.0. The lowest BCUT2D eigenvalue weighted by atomic mass is 10.1. The molecule has 2 amide bonds. The fraction of sp³-hybridized carbons (Fsp3) is 0.333. The smallest absolute Gasteiger partial charge is 0.315 e. The second-order valence-corrected chi connectivity index (χ2v) is 8.23. The lowest BCUT2D eigenvalue weighted by molar-refractivity contribution is 0.0342. The van der Waals surface area contributed by atoms with E-state index in [1.165, 1.54) is 5.56 Å². The van der Waals surface area contributed by atoms with E-state index in [2.05, 4.69) is 32.7 Å². The molecule has 3 aromatic rings. The molecule has 0 saturated carbocycles. The van der Waals surface area contributed by atoms with Crippen LogP contribution in [0.25, 0.3) is 0 Å². The Bertz CT molecular complexity index is 1080. The standard InChI is InChI=1S/C27H32N4O4/c1-2-34-24-8-3-4-9-25(24)35-26-11-10-23(18-28-26)19-30-27(32)29-17-21-6-5-7-22(16-21)20-31-12-14-33-15-13-31/h3-11,16,18H,2,12-15,17,19-20H2,1H3,(H2,29,30,32). The van der Waals surface area contributed by atoms with E-state index in [-0.39, 0.29) is 6.03 Å². The van der Waals surface area contributed by atoms with E-state index in [0.717, 1.165) is 44.0 Å². The summed E-state index contributed by atoms with van der Waals surface area (Å²) in [5.74, 6) is 1.74. The molecule has 2 heterocycles. The fourth-order valence-corrected chi connectivity index (χ4v) is 3.78. The highest BCUT2D eigenvalue weighted by atomic mass is 16.5. The number of nitrogens with one attached hydrogen (secondary N) is 2. The van der Waals surface area contributed by atoms with E-state index in [1.807, 2.05) is 49.4 Å². The summed E-state index contributed by atoms with van der Waals surface area (Å²) in [5.41, 5.74) is 3.18. The summed E-state index contributed by atoms with van der Waals surface area (Å²) in [7, 11) is 0. The van der Waals surface area contributed by atoms with Gasteiger partial charge in [-0.1, -0.05) is 42.5 Å². The van der Waals surface area contributed by atoms with Crippen molar-refractivity contribution in [3.63, 3.8) is 0 Å². The number of amides is 2. The van der Waals surface area contributed by atoms with E-state index >= 15 is 0 Å². The Morgan fingerprint density at radius 3 is 2.43 bits per heavy atom. The van der Waals surface area contributed by atoms with Gasteiger partial charge in [-0.3, -0.25) is 4.90 Å². The number of ether oxygens (including phenoxy) is 3. The highest BCUT2D eigenvalue weighted by Crippen LogP contribution is 2.30. The van der Waals surface area contributed by atoms with Crippen LogP contribution in [0.3, 0.4) is 0 Å². The van der Waals surface area contributed by atoms with Crippen LogP contribution in [-0.2, 0) is 24.4 Å². The Hall–Kier alpha value is -3.62. The van der Waals surface area contributed by atoms with Crippen molar-refractivity contribution in [3.8, 4) is 17.4 Å². The van der Waals surface area contributed by atoms with Gasteiger partial charge < -0.3 is 24.8 Å². The van der Waals surface area contributed by atoms with Crippen molar-refractivity contribution in [1.82, 2.24) is 20.5 Å². The van der Waals surface area contributed by atoms with Crippen molar-refractivity contribution in [3.05, 3.63) is 83.6 Å². The molecular weight excluding hydrogens is 444 g/mol. The lowest BCUT2D eigenvalue weighted by Crippen LogP contribution is -2.35. The van der Waals surface area contributed by atoms with E-state index < -0.39 is 0 Å². The molecule has 0 unspecified atom stereocenters. The van der Waals surface area contributed by atoms with Crippen LogP contribution in [0.1, 0.15) is 23.6 Å². The number of hydrogen-bond acceptors (Lipinski definition) is 6. The number of benzene rings is 2. The van der Waals surface area contributed by atoms with Gasteiger partial charge in [-0.2, -0.15) is 0 Å². The average molecular weight is 477 g/mol. The number of rotatable bonds is 10. The second kappa shape index (κ2) is 12.7. The van der Waals surface area contributed by atoms with E-state index in [1.54, 1.807) is 12.3 Å². The highest BCUT2D eigenvalue weighted by Gasteiger charge is 2.11. The first-order chi connectivity index (χ1) is 17.2. The number of pyridine rings is 1. The number of carbonyl (C=O) groups excluding carboxylic acids is 1. The van der Waals surface area contributed by atoms with Gasteiger partial charge in [0, 0.05) is 45.0 Å². The van der Waals surface area contributed by atoms with Gasteiger partial charge in [-0.25, -0.2) is 9.78 Å². The Balaban J connectivity index is 1.21. The first kappa shape index (κ1) is 24.5. The van der Waals surface area contributed by atoms with Crippen LogP contribution in [0.15, 0.2) is 66.9 Å². The second-order valence-electron chi connectivity index (χ2n) is 8.23. The number of aromatic nitrogens is 1. The molecule has 1 aromatic heterocycles. The third-order valence-corrected chi connectivity index (χ3v) is 5.57. The van der Waals surface area contributed by atoms with E-state index in [9.17, 15) is 4.79 Å². The molecule has 1 aliphatic heterocycles. The average Bonchev–Trinajstić information content (AvgIpc) is 2.89. The van der Waals surface area contributed by atoms with Crippen molar-refractivity contribution >= 4 is 6.03 Å². The zero-order chi connectivity index (χ0) is 24.3. The van der Waals surface area contributed by atoms with E-state index in [0.29, 0.717) is 37.1 Å². The number of carbonyl (C=O) groups is 1.